The number of nitrogens with zero attached hydrogens (tertiary/aromatic N) is 4. The highest BCUT2D eigenvalue weighted by molar-refractivity contribution is 9.10. The molecule has 11 nitrogen and oxygen atoms in total. The van der Waals surface area contributed by atoms with E-state index in [0.717, 1.165) is 0 Å². The summed E-state index contributed by atoms with van der Waals surface area (Å²) in [5, 5.41) is 23.2. The first kappa shape index (κ1) is 19.6. The molecule has 0 saturated carbocycles. The lowest BCUT2D eigenvalue weighted by atomic mass is 10.2. The first-order valence-corrected chi connectivity index (χ1v) is 8.82. The minimum absolute atomic E-state index is 0.0301. The van der Waals surface area contributed by atoms with Crippen LogP contribution in [0.1, 0.15) is 5.56 Å². The van der Waals surface area contributed by atoms with Crippen LogP contribution in [0, 0.1) is 0 Å². The van der Waals surface area contributed by atoms with Gasteiger partial charge in [-0.1, -0.05) is 0 Å². The Hall–Kier alpha value is -3.12. The molecule has 0 aliphatic rings. The number of aryl methyl sites for hydroxylation is 1. The maximum Gasteiger partial charge on any atom is 0.329 e. The number of halogens is 1. The number of phenolic OH excluding ortho intramolecular Hbond substituents is 1. The molecule has 0 amide bonds. The topological polar surface area (TPSA) is 147 Å². The van der Waals surface area contributed by atoms with Gasteiger partial charge in [0, 0.05) is 13.6 Å². The molecule has 12 heteroatoms. The first-order chi connectivity index (χ1) is 13.4. The number of aromatic amines is 1. The molecule has 148 valence electrons. The summed E-state index contributed by atoms with van der Waals surface area (Å²) in [6.07, 6.45) is 1.46. The van der Waals surface area contributed by atoms with Crippen molar-refractivity contribution in [2.24, 2.45) is 12.1 Å². The van der Waals surface area contributed by atoms with Crippen LogP contribution in [0.2, 0.25) is 0 Å². The summed E-state index contributed by atoms with van der Waals surface area (Å²) in [5.74, 6) is 0.416. The van der Waals surface area contributed by atoms with E-state index in [1.54, 1.807) is 12.1 Å². The molecule has 0 aliphatic heterocycles. The zero-order valence-electron chi connectivity index (χ0n) is 14.9. The highest BCUT2D eigenvalue weighted by Gasteiger charge is 2.16. The lowest BCUT2D eigenvalue weighted by Crippen LogP contribution is -2.29. The number of phenols is 1. The van der Waals surface area contributed by atoms with Crippen LogP contribution < -0.4 is 21.4 Å². The van der Waals surface area contributed by atoms with E-state index in [1.165, 1.54) is 29.5 Å². The third kappa shape index (κ3) is 3.51. The van der Waals surface area contributed by atoms with Crippen molar-refractivity contribution in [1.82, 2.24) is 19.1 Å². The van der Waals surface area contributed by atoms with E-state index in [2.05, 4.69) is 36.4 Å². The van der Waals surface area contributed by atoms with Gasteiger partial charge >= 0.3 is 5.69 Å². The quantitative estimate of drug-likeness (QED) is 0.311. The van der Waals surface area contributed by atoms with Gasteiger partial charge in [0.25, 0.3) is 5.56 Å². The number of aliphatic hydroxyl groups excluding tert-OH is 1. The Morgan fingerprint density at radius 2 is 2.18 bits per heavy atom. The number of rotatable bonds is 6. The number of hydrogen-bond donors (Lipinski definition) is 4. The Morgan fingerprint density at radius 3 is 2.86 bits per heavy atom. The van der Waals surface area contributed by atoms with Crippen molar-refractivity contribution in [3.05, 3.63) is 43.0 Å². The molecule has 3 rings (SSSR count). The van der Waals surface area contributed by atoms with Crippen LogP contribution in [-0.2, 0) is 13.6 Å². The van der Waals surface area contributed by atoms with Crippen LogP contribution in [0.3, 0.4) is 0 Å². The molecule has 4 N–H and O–H groups in total. The van der Waals surface area contributed by atoms with E-state index in [9.17, 15) is 19.8 Å². The molecule has 2 heterocycles. The van der Waals surface area contributed by atoms with Gasteiger partial charge in [0.15, 0.2) is 22.7 Å². The second kappa shape index (κ2) is 7.86. The van der Waals surface area contributed by atoms with E-state index in [1.807, 2.05) is 0 Å². The van der Waals surface area contributed by atoms with Crippen LogP contribution in [0.5, 0.6) is 11.5 Å². The fourth-order valence-electron chi connectivity index (χ4n) is 2.63. The normalized spacial score (nSPS) is 11.4. The van der Waals surface area contributed by atoms with E-state index in [0.29, 0.717) is 10.0 Å². The molecule has 0 saturated heterocycles. The number of hydrazone groups is 1. The highest BCUT2D eigenvalue weighted by atomic mass is 79.9. The molecule has 0 spiro atoms. The van der Waals surface area contributed by atoms with Gasteiger partial charge in [-0.2, -0.15) is 10.1 Å². The van der Waals surface area contributed by atoms with Crippen molar-refractivity contribution in [1.29, 1.82) is 0 Å². The van der Waals surface area contributed by atoms with Crippen LogP contribution in [0.4, 0.5) is 5.95 Å². The number of nitrogens with one attached hydrogen (secondary N) is 2. The van der Waals surface area contributed by atoms with Crippen molar-refractivity contribution in [2.75, 3.05) is 19.1 Å². The fraction of sp³-hybridized carbons (Fsp3) is 0.250. The average Bonchev–Trinajstić information content (AvgIpc) is 3.02. The number of aromatic nitrogens is 4. The molecular weight excluding hydrogens is 436 g/mol. The SMILES string of the molecule is COc1cc(/C=N/Nc2nc3c(c(=O)[nH]c(=O)n3C)n2CCO)cc(Br)c1O. The zero-order chi connectivity index (χ0) is 20.4. The van der Waals surface area contributed by atoms with E-state index < -0.39 is 11.2 Å². The third-order valence-electron chi connectivity index (χ3n) is 3.98. The monoisotopic (exact) mass is 452 g/mol. The van der Waals surface area contributed by atoms with Crippen molar-refractivity contribution >= 4 is 39.3 Å². The van der Waals surface area contributed by atoms with E-state index in [-0.39, 0.29) is 41.8 Å². The molecule has 1 aromatic carbocycles. The summed E-state index contributed by atoms with van der Waals surface area (Å²) in [6, 6.07) is 3.21. The molecule has 28 heavy (non-hydrogen) atoms. The zero-order valence-corrected chi connectivity index (χ0v) is 16.5. The number of aromatic hydroxyl groups is 1. The summed E-state index contributed by atoms with van der Waals surface area (Å²) >= 11 is 3.23. The summed E-state index contributed by atoms with van der Waals surface area (Å²) in [6.45, 7) is -0.164. The Labute approximate surface area is 166 Å². The molecule has 3 aromatic rings. The molecule has 0 fully saturated rings. The maximum atomic E-state index is 12.2. The van der Waals surface area contributed by atoms with Crippen LogP contribution in [0.25, 0.3) is 11.2 Å². The Kier molecular flexibility index (Phi) is 5.51. The predicted octanol–water partition coefficient (Wildman–Crippen LogP) is 0.338. The van der Waals surface area contributed by atoms with Gasteiger partial charge in [0.05, 0.1) is 24.4 Å². The summed E-state index contributed by atoms with van der Waals surface area (Å²) in [4.78, 5) is 30.4. The van der Waals surface area contributed by atoms with Crippen molar-refractivity contribution in [2.45, 2.75) is 6.54 Å². The molecule has 2 aromatic heterocycles. The number of anilines is 1. The number of fused-ring (bicyclic) bond motifs is 1. The number of aliphatic hydroxyl groups is 1. The minimum Gasteiger partial charge on any atom is -0.503 e. The predicted molar refractivity (Wildman–Crippen MR) is 106 cm³/mol. The van der Waals surface area contributed by atoms with Gasteiger partial charge in [0.2, 0.25) is 5.95 Å². The third-order valence-corrected chi connectivity index (χ3v) is 4.58. The van der Waals surface area contributed by atoms with Crippen molar-refractivity contribution in [3.8, 4) is 11.5 Å². The molecule has 0 unspecified atom stereocenters. The van der Waals surface area contributed by atoms with Gasteiger partial charge in [-0.15, -0.1) is 0 Å². The molecule has 0 aliphatic carbocycles. The van der Waals surface area contributed by atoms with Crippen LogP contribution >= 0.6 is 15.9 Å². The molecular formula is C16H17BrN6O5. The van der Waals surface area contributed by atoms with Gasteiger partial charge in [-0.05, 0) is 33.6 Å². The summed E-state index contributed by atoms with van der Waals surface area (Å²) < 4.78 is 8.14. The number of H-pyrrole nitrogens is 1. The summed E-state index contributed by atoms with van der Waals surface area (Å²) in [7, 11) is 2.91. The number of imidazole rings is 1. The second-order valence-corrected chi connectivity index (χ2v) is 6.58. The average molecular weight is 453 g/mol. The number of benzene rings is 1. The summed E-state index contributed by atoms with van der Waals surface area (Å²) in [5.41, 5.74) is 2.42. The molecule has 0 radical (unpaired) electrons. The van der Waals surface area contributed by atoms with Gasteiger partial charge in [-0.25, -0.2) is 10.2 Å². The van der Waals surface area contributed by atoms with Crippen molar-refractivity contribution < 1.29 is 14.9 Å². The Bertz CT molecular complexity index is 1180. The van der Waals surface area contributed by atoms with Crippen LogP contribution in [-0.4, -0.2) is 49.2 Å². The standard InChI is InChI=1S/C16H17BrN6O5/c1-22-13-11(14(26)20-16(22)27)23(3-4-24)15(19-13)21-18-7-8-5-9(17)12(25)10(6-8)28-2/h5-7,24-25H,3-4H2,1-2H3,(H,19,21)(H,20,26,27)/b18-7+. The number of hydrogen-bond acceptors (Lipinski definition) is 8. The minimum atomic E-state index is -0.608. The lowest BCUT2D eigenvalue weighted by molar-refractivity contribution is 0.278. The number of methoxy groups -OCH3 is 1. The highest BCUT2D eigenvalue weighted by Crippen LogP contribution is 2.34. The van der Waals surface area contributed by atoms with E-state index >= 15 is 0 Å². The fourth-order valence-corrected chi connectivity index (χ4v) is 3.09. The van der Waals surface area contributed by atoms with Gasteiger partial charge in [-0.3, -0.25) is 14.3 Å². The Balaban J connectivity index is 2.00. The molecule has 0 bridgehead atoms. The van der Waals surface area contributed by atoms with Gasteiger partial charge < -0.3 is 19.5 Å². The number of ether oxygens (including phenoxy) is 1. The maximum absolute atomic E-state index is 12.2. The smallest absolute Gasteiger partial charge is 0.329 e. The molecule has 0 atom stereocenters. The van der Waals surface area contributed by atoms with Crippen molar-refractivity contribution in [3.63, 3.8) is 0 Å². The van der Waals surface area contributed by atoms with Gasteiger partial charge in [0.1, 0.15) is 0 Å². The van der Waals surface area contributed by atoms with E-state index in [4.69, 9.17) is 4.74 Å². The lowest BCUT2D eigenvalue weighted by Gasteiger charge is -2.07. The Morgan fingerprint density at radius 1 is 1.43 bits per heavy atom. The second-order valence-electron chi connectivity index (χ2n) is 5.72. The largest absolute Gasteiger partial charge is 0.503 e. The first-order valence-electron chi connectivity index (χ1n) is 8.03. The van der Waals surface area contributed by atoms with Crippen LogP contribution in [0.15, 0.2) is 31.3 Å².